The largest absolute Gasteiger partial charge is 0.342 e. The molecule has 0 amide bonds. The van der Waals surface area contributed by atoms with Crippen LogP contribution >= 0.6 is 0 Å². The van der Waals surface area contributed by atoms with Gasteiger partial charge < -0.3 is 9.80 Å². The number of para-hydroxylation sites is 2. The predicted molar refractivity (Wildman–Crippen MR) is 105 cm³/mol. The van der Waals surface area contributed by atoms with Crippen LogP contribution in [0.5, 0.6) is 0 Å². The number of benzene rings is 3. The van der Waals surface area contributed by atoms with Crippen molar-refractivity contribution in [3.8, 4) is 0 Å². The highest BCUT2D eigenvalue weighted by molar-refractivity contribution is 5.69. The number of anilines is 4. The highest BCUT2D eigenvalue weighted by atomic mass is 15.1. The summed E-state index contributed by atoms with van der Waals surface area (Å²) < 4.78 is 0. The third-order valence-electron chi connectivity index (χ3n) is 4.24. The van der Waals surface area contributed by atoms with Crippen molar-refractivity contribution < 1.29 is 0 Å². The molecule has 3 aromatic rings. The molecule has 24 heavy (non-hydrogen) atoms. The van der Waals surface area contributed by atoms with E-state index in [9.17, 15) is 0 Å². The van der Waals surface area contributed by atoms with Crippen LogP contribution in [-0.4, -0.2) is 13.1 Å². The molecule has 0 aliphatic heterocycles. The SMILES string of the molecule is CCN(c1ccccc1)c1ccc(N(CC)c2ccccc2)cc1. The van der Waals surface area contributed by atoms with Crippen molar-refractivity contribution in [2.45, 2.75) is 13.8 Å². The Kier molecular flexibility index (Phi) is 5.17. The molecule has 0 radical (unpaired) electrons. The summed E-state index contributed by atoms with van der Waals surface area (Å²) >= 11 is 0. The monoisotopic (exact) mass is 316 g/mol. The minimum Gasteiger partial charge on any atom is -0.342 e. The second-order valence-corrected chi connectivity index (χ2v) is 5.68. The van der Waals surface area contributed by atoms with Crippen LogP contribution in [0.4, 0.5) is 22.7 Å². The van der Waals surface area contributed by atoms with Gasteiger partial charge in [0.1, 0.15) is 0 Å². The zero-order valence-electron chi connectivity index (χ0n) is 14.4. The van der Waals surface area contributed by atoms with Gasteiger partial charge in [0, 0.05) is 35.8 Å². The molecule has 0 saturated carbocycles. The molecule has 2 nitrogen and oxygen atoms in total. The van der Waals surface area contributed by atoms with Crippen LogP contribution < -0.4 is 9.80 Å². The summed E-state index contributed by atoms with van der Waals surface area (Å²) in [6.07, 6.45) is 0. The Bertz CT molecular complexity index is 669. The van der Waals surface area contributed by atoms with Gasteiger partial charge >= 0.3 is 0 Å². The van der Waals surface area contributed by atoms with Gasteiger partial charge in [-0.15, -0.1) is 0 Å². The first-order valence-electron chi connectivity index (χ1n) is 8.58. The van der Waals surface area contributed by atoms with Crippen LogP contribution in [0.2, 0.25) is 0 Å². The van der Waals surface area contributed by atoms with E-state index < -0.39 is 0 Å². The van der Waals surface area contributed by atoms with Gasteiger partial charge in [0.25, 0.3) is 0 Å². The molecule has 2 heteroatoms. The standard InChI is InChI=1S/C22H24N2/c1-3-23(19-11-7-5-8-12-19)21-15-17-22(18-16-21)24(4-2)20-13-9-6-10-14-20/h5-18H,3-4H2,1-2H3. The maximum atomic E-state index is 2.32. The van der Waals surface area contributed by atoms with E-state index in [4.69, 9.17) is 0 Å². The van der Waals surface area contributed by atoms with Crippen LogP contribution in [0.15, 0.2) is 84.9 Å². The van der Waals surface area contributed by atoms with E-state index in [1.165, 1.54) is 22.7 Å². The van der Waals surface area contributed by atoms with Crippen molar-refractivity contribution in [3.63, 3.8) is 0 Å². The van der Waals surface area contributed by atoms with E-state index >= 15 is 0 Å². The first-order chi connectivity index (χ1) is 11.8. The molecule has 3 rings (SSSR count). The van der Waals surface area contributed by atoms with Crippen LogP contribution in [0, 0.1) is 0 Å². The Labute approximate surface area is 145 Å². The molecule has 0 saturated heterocycles. The Morgan fingerprint density at radius 2 is 0.750 bits per heavy atom. The molecule has 122 valence electrons. The smallest absolute Gasteiger partial charge is 0.0412 e. The Morgan fingerprint density at radius 3 is 1.04 bits per heavy atom. The molecule has 0 aliphatic carbocycles. The van der Waals surface area contributed by atoms with Crippen molar-refractivity contribution in [2.75, 3.05) is 22.9 Å². The van der Waals surface area contributed by atoms with E-state index in [2.05, 4.69) is 109 Å². The molecule has 3 aromatic carbocycles. The lowest BCUT2D eigenvalue weighted by Crippen LogP contribution is -2.17. The third-order valence-corrected chi connectivity index (χ3v) is 4.24. The number of hydrogen-bond acceptors (Lipinski definition) is 2. The minimum atomic E-state index is 0.944. The Hall–Kier alpha value is -2.74. The summed E-state index contributed by atoms with van der Waals surface area (Å²) in [6, 6.07) is 29.9. The average Bonchev–Trinajstić information content (AvgIpc) is 2.66. The molecule has 0 N–H and O–H groups in total. The minimum absolute atomic E-state index is 0.944. The summed E-state index contributed by atoms with van der Waals surface area (Å²) in [7, 11) is 0. The van der Waals surface area contributed by atoms with E-state index in [1.54, 1.807) is 0 Å². The number of nitrogens with zero attached hydrogens (tertiary/aromatic N) is 2. The van der Waals surface area contributed by atoms with Gasteiger partial charge in [-0.2, -0.15) is 0 Å². The first kappa shape index (κ1) is 16.1. The summed E-state index contributed by atoms with van der Waals surface area (Å²) in [4.78, 5) is 4.64. The van der Waals surface area contributed by atoms with Gasteiger partial charge in [0.05, 0.1) is 0 Å². The lowest BCUT2D eigenvalue weighted by molar-refractivity contribution is 1.01. The molecular formula is C22H24N2. The number of rotatable bonds is 6. The van der Waals surface area contributed by atoms with Gasteiger partial charge in [0.2, 0.25) is 0 Å². The zero-order chi connectivity index (χ0) is 16.8. The van der Waals surface area contributed by atoms with E-state index in [-0.39, 0.29) is 0 Å². The summed E-state index contributed by atoms with van der Waals surface area (Å²) in [5.41, 5.74) is 4.89. The summed E-state index contributed by atoms with van der Waals surface area (Å²) in [6.45, 7) is 6.26. The topological polar surface area (TPSA) is 6.48 Å². The molecule has 0 aliphatic rings. The van der Waals surface area contributed by atoms with Gasteiger partial charge in [-0.05, 0) is 62.4 Å². The molecule has 0 atom stereocenters. The van der Waals surface area contributed by atoms with E-state index in [0.29, 0.717) is 0 Å². The third kappa shape index (κ3) is 3.43. The van der Waals surface area contributed by atoms with Gasteiger partial charge in [-0.1, -0.05) is 36.4 Å². The zero-order valence-corrected chi connectivity index (χ0v) is 14.4. The number of hydrogen-bond donors (Lipinski definition) is 0. The van der Waals surface area contributed by atoms with Crippen LogP contribution in [0.3, 0.4) is 0 Å². The van der Waals surface area contributed by atoms with Gasteiger partial charge in [-0.3, -0.25) is 0 Å². The van der Waals surface area contributed by atoms with Crippen molar-refractivity contribution in [2.24, 2.45) is 0 Å². The van der Waals surface area contributed by atoms with E-state index in [1.807, 2.05) is 0 Å². The molecule has 0 aromatic heterocycles. The normalized spacial score (nSPS) is 10.4. The highest BCUT2D eigenvalue weighted by Crippen LogP contribution is 2.30. The fourth-order valence-electron chi connectivity index (χ4n) is 3.06. The van der Waals surface area contributed by atoms with Gasteiger partial charge in [-0.25, -0.2) is 0 Å². The Balaban J connectivity index is 1.87. The summed E-state index contributed by atoms with van der Waals surface area (Å²) in [5.74, 6) is 0. The van der Waals surface area contributed by atoms with E-state index in [0.717, 1.165) is 13.1 Å². The van der Waals surface area contributed by atoms with Crippen molar-refractivity contribution in [3.05, 3.63) is 84.9 Å². The molecule has 0 heterocycles. The van der Waals surface area contributed by atoms with Crippen molar-refractivity contribution >= 4 is 22.7 Å². The lowest BCUT2D eigenvalue weighted by Gasteiger charge is -2.26. The van der Waals surface area contributed by atoms with Crippen molar-refractivity contribution in [1.82, 2.24) is 0 Å². The lowest BCUT2D eigenvalue weighted by atomic mass is 10.2. The van der Waals surface area contributed by atoms with Gasteiger partial charge in [0.15, 0.2) is 0 Å². The fourth-order valence-corrected chi connectivity index (χ4v) is 3.06. The average molecular weight is 316 g/mol. The molecule has 0 unspecified atom stereocenters. The summed E-state index contributed by atoms with van der Waals surface area (Å²) in [5, 5.41) is 0. The maximum absolute atomic E-state index is 2.32. The molecule has 0 bridgehead atoms. The Morgan fingerprint density at radius 1 is 0.458 bits per heavy atom. The maximum Gasteiger partial charge on any atom is 0.0412 e. The quantitative estimate of drug-likeness (QED) is 0.550. The first-order valence-corrected chi connectivity index (χ1v) is 8.58. The molecule has 0 spiro atoms. The predicted octanol–water partition coefficient (Wildman–Crippen LogP) is 6.00. The van der Waals surface area contributed by atoms with Crippen LogP contribution in [-0.2, 0) is 0 Å². The second-order valence-electron chi connectivity index (χ2n) is 5.68. The fraction of sp³-hybridized carbons (Fsp3) is 0.182. The second kappa shape index (κ2) is 7.69. The molecule has 0 fully saturated rings. The van der Waals surface area contributed by atoms with Crippen molar-refractivity contribution in [1.29, 1.82) is 0 Å². The van der Waals surface area contributed by atoms with Crippen LogP contribution in [0.1, 0.15) is 13.8 Å². The highest BCUT2D eigenvalue weighted by Gasteiger charge is 2.09. The van der Waals surface area contributed by atoms with Crippen LogP contribution in [0.25, 0.3) is 0 Å². The molecular weight excluding hydrogens is 292 g/mol.